The highest BCUT2D eigenvalue weighted by molar-refractivity contribution is 5.70. The maximum Gasteiger partial charge on any atom is 0.306 e. The average Bonchev–Trinajstić information content (AvgIpc) is 3.68. The van der Waals surface area contributed by atoms with Crippen molar-refractivity contribution in [2.45, 2.75) is 38.6 Å². The zero-order valence-electron chi connectivity index (χ0n) is 20.4. The van der Waals surface area contributed by atoms with Crippen LogP contribution in [-0.4, -0.2) is 52.3 Å². The fourth-order valence-corrected chi connectivity index (χ4v) is 3.54. The molecule has 1 aromatic heterocycles. The van der Waals surface area contributed by atoms with Gasteiger partial charge >= 0.3 is 5.97 Å². The van der Waals surface area contributed by atoms with Gasteiger partial charge in [0.25, 0.3) is 0 Å². The standard InChI is InChI=1S/C26H31FN6O3/c1-3-18(23(34)35)16-17-4-12-22(13-5-17)36-15-14-33(2)26-31-24(28-20-8-6-19(27)7-9-20)30-25(32-26)29-21-10-11-21/h4-9,12-13,18,21H,3,10-11,14-16H2,1-2H3,(H,34,35)(H2,28,29,30,31,32). The Kier molecular flexibility index (Phi) is 8.14. The van der Waals surface area contributed by atoms with Gasteiger partial charge in [-0.1, -0.05) is 19.1 Å². The van der Waals surface area contributed by atoms with Crippen molar-refractivity contribution in [1.82, 2.24) is 15.0 Å². The number of carbonyl (C=O) groups is 1. The van der Waals surface area contributed by atoms with Gasteiger partial charge in [-0.15, -0.1) is 0 Å². The van der Waals surface area contributed by atoms with Gasteiger partial charge in [0.05, 0.1) is 12.5 Å². The van der Waals surface area contributed by atoms with E-state index in [1.165, 1.54) is 12.1 Å². The van der Waals surface area contributed by atoms with Gasteiger partial charge in [-0.3, -0.25) is 4.79 Å². The number of anilines is 4. The van der Waals surface area contributed by atoms with E-state index in [4.69, 9.17) is 4.74 Å². The van der Waals surface area contributed by atoms with Crippen molar-refractivity contribution >= 4 is 29.5 Å². The number of hydrogen-bond acceptors (Lipinski definition) is 8. The summed E-state index contributed by atoms with van der Waals surface area (Å²) in [4.78, 5) is 26.7. The summed E-state index contributed by atoms with van der Waals surface area (Å²) in [6.07, 6.45) is 3.26. The predicted molar refractivity (Wildman–Crippen MR) is 136 cm³/mol. The SMILES string of the molecule is CCC(Cc1ccc(OCCN(C)c2nc(Nc3ccc(F)cc3)nc(NC3CC3)n2)cc1)C(=O)O. The second kappa shape index (κ2) is 11.7. The molecule has 0 saturated heterocycles. The van der Waals surface area contributed by atoms with E-state index in [-0.39, 0.29) is 11.7 Å². The molecule has 2 aromatic carbocycles. The zero-order chi connectivity index (χ0) is 25.5. The van der Waals surface area contributed by atoms with Gasteiger partial charge < -0.3 is 25.4 Å². The molecule has 36 heavy (non-hydrogen) atoms. The van der Waals surface area contributed by atoms with E-state index in [1.54, 1.807) is 12.1 Å². The Morgan fingerprint density at radius 2 is 1.81 bits per heavy atom. The Hall–Kier alpha value is -3.95. The molecular weight excluding hydrogens is 463 g/mol. The lowest BCUT2D eigenvalue weighted by Gasteiger charge is -2.19. The zero-order valence-corrected chi connectivity index (χ0v) is 20.4. The van der Waals surface area contributed by atoms with Gasteiger partial charge in [0, 0.05) is 18.8 Å². The molecule has 0 amide bonds. The number of nitrogens with one attached hydrogen (secondary N) is 2. The molecule has 3 N–H and O–H groups in total. The number of aromatic nitrogens is 3. The molecule has 1 unspecified atom stereocenters. The Labute approximate surface area is 209 Å². The van der Waals surface area contributed by atoms with Gasteiger partial charge in [0.2, 0.25) is 17.8 Å². The van der Waals surface area contributed by atoms with E-state index < -0.39 is 5.97 Å². The van der Waals surface area contributed by atoms with Crippen LogP contribution in [0.3, 0.4) is 0 Å². The normalized spacial score (nSPS) is 13.6. The number of carboxylic acids is 1. The Bertz CT molecular complexity index is 1160. The minimum absolute atomic E-state index is 0.312. The van der Waals surface area contributed by atoms with E-state index in [0.717, 1.165) is 18.4 Å². The quantitative estimate of drug-likeness (QED) is 0.316. The fraction of sp³-hybridized carbons (Fsp3) is 0.385. The summed E-state index contributed by atoms with van der Waals surface area (Å²) in [5, 5.41) is 15.7. The number of likely N-dealkylation sites (N-methyl/N-ethyl adjacent to an activating group) is 1. The third kappa shape index (κ3) is 7.27. The van der Waals surface area contributed by atoms with Crippen molar-refractivity contribution in [2.75, 3.05) is 35.7 Å². The molecule has 0 aliphatic heterocycles. The van der Waals surface area contributed by atoms with E-state index in [9.17, 15) is 14.3 Å². The largest absolute Gasteiger partial charge is 0.492 e. The molecule has 1 aliphatic carbocycles. The summed E-state index contributed by atoms with van der Waals surface area (Å²) < 4.78 is 19.1. The molecule has 1 aliphatic rings. The van der Waals surface area contributed by atoms with Crippen LogP contribution in [0.25, 0.3) is 0 Å². The lowest BCUT2D eigenvalue weighted by Crippen LogP contribution is -2.26. The van der Waals surface area contributed by atoms with Crippen LogP contribution in [0.1, 0.15) is 31.7 Å². The summed E-state index contributed by atoms with van der Waals surface area (Å²) in [5.41, 5.74) is 1.64. The fourth-order valence-electron chi connectivity index (χ4n) is 3.54. The van der Waals surface area contributed by atoms with E-state index in [1.807, 2.05) is 43.1 Å². The van der Waals surface area contributed by atoms with Crippen LogP contribution in [0.4, 0.5) is 27.9 Å². The van der Waals surface area contributed by atoms with E-state index in [0.29, 0.717) is 61.3 Å². The summed E-state index contributed by atoms with van der Waals surface area (Å²) in [6.45, 7) is 2.81. The van der Waals surface area contributed by atoms with Crippen LogP contribution < -0.4 is 20.3 Å². The van der Waals surface area contributed by atoms with Gasteiger partial charge in [-0.2, -0.15) is 15.0 Å². The number of carboxylic acid groups (broad SMARTS) is 1. The number of halogens is 1. The maximum absolute atomic E-state index is 13.2. The molecule has 4 rings (SSSR count). The summed E-state index contributed by atoms with van der Waals surface area (Å²) in [7, 11) is 1.88. The first-order valence-corrected chi connectivity index (χ1v) is 12.1. The van der Waals surface area contributed by atoms with Gasteiger partial charge in [-0.05, 0) is 67.6 Å². The Balaban J connectivity index is 1.35. The lowest BCUT2D eigenvalue weighted by atomic mass is 9.97. The first kappa shape index (κ1) is 25.2. The number of hydrogen-bond donors (Lipinski definition) is 3. The van der Waals surface area contributed by atoms with E-state index in [2.05, 4.69) is 25.6 Å². The second-order valence-corrected chi connectivity index (χ2v) is 8.89. The van der Waals surface area contributed by atoms with Crippen molar-refractivity contribution < 1.29 is 19.0 Å². The van der Waals surface area contributed by atoms with Crippen LogP contribution in [0, 0.1) is 11.7 Å². The lowest BCUT2D eigenvalue weighted by molar-refractivity contribution is -0.141. The smallest absolute Gasteiger partial charge is 0.306 e. The number of nitrogens with zero attached hydrogens (tertiary/aromatic N) is 4. The first-order valence-electron chi connectivity index (χ1n) is 12.1. The average molecular weight is 495 g/mol. The maximum atomic E-state index is 13.2. The molecule has 3 aromatic rings. The minimum atomic E-state index is -0.772. The van der Waals surface area contributed by atoms with Crippen molar-refractivity contribution in [3.05, 3.63) is 59.9 Å². The van der Waals surface area contributed by atoms with Crippen molar-refractivity contribution in [3.63, 3.8) is 0 Å². The Morgan fingerprint density at radius 1 is 1.11 bits per heavy atom. The minimum Gasteiger partial charge on any atom is -0.492 e. The van der Waals surface area contributed by atoms with Crippen molar-refractivity contribution in [2.24, 2.45) is 5.92 Å². The summed E-state index contributed by atoms with van der Waals surface area (Å²) >= 11 is 0. The molecule has 0 spiro atoms. The van der Waals surface area contributed by atoms with Crippen molar-refractivity contribution in [3.8, 4) is 5.75 Å². The molecule has 1 atom stereocenters. The highest BCUT2D eigenvalue weighted by Gasteiger charge is 2.23. The van der Waals surface area contributed by atoms with Crippen LogP contribution >= 0.6 is 0 Å². The molecule has 1 heterocycles. The highest BCUT2D eigenvalue weighted by atomic mass is 19.1. The predicted octanol–water partition coefficient (Wildman–Crippen LogP) is 4.50. The number of benzene rings is 2. The second-order valence-electron chi connectivity index (χ2n) is 8.89. The molecule has 9 nitrogen and oxygen atoms in total. The molecule has 10 heteroatoms. The first-order chi connectivity index (χ1) is 17.4. The monoisotopic (exact) mass is 494 g/mol. The highest BCUT2D eigenvalue weighted by Crippen LogP contribution is 2.25. The van der Waals surface area contributed by atoms with Gasteiger partial charge in [0.1, 0.15) is 18.2 Å². The van der Waals surface area contributed by atoms with Crippen molar-refractivity contribution in [1.29, 1.82) is 0 Å². The third-order valence-corrected chi connectivity index (χ3v) is 5.92. The molecular formula is C26H31FN6O3. The number of ether oxygens (including phenoxy) is 1. The van der Waals surface area contributed by atoms with Crippen LogP contribution in [0.5, 0.6) is 5.75 Å². The van der Waals surface area contributed by atoms with Gasteiger partial charge in [0.15, 0.2) is 0 Å². The molecule has 1 fully saturated rings. The van der Waals surface area contributed by atoms with Crippen LogP contribution in [0.2, 0.25) is 0 Å². The molecule has 0 radical (unpaired) electrons. The summed E-state index contributed by atoms with van der Waals surface area (Å²) in [6, 6.07) is 13.9. The number of aliphatic carboxylic acids is 1. The molecule has 1 saturated carbocycles. The van der Waals surface area contributed by atoms with Crippen LogP contribution in [-0.2, 0) is 11.2 Å². The topological polar surface area (TPSA) is 113 Å². The molecule has 0 bridgehead atoms. The Morgan fingerprint density at radius 3 is 2.44 bits per heavy atom. The van der Waals surface area contributed by atoms with Crippen LogP contribution in [0.15, 0.2) is 48.5 Å². The summed E-state index contributed by atoms with van der Waals surface area (Å²) in [5.74, 6) is 0.579. The number of rotatable bonds is 13. The third-order valence-electron chi connectivity index (χ3n) is 5.92. The molecule has 190 valence electrons. The van der Waals surface area contributed by atoms with Gasteiger partial charge in [-0.25, -0.2) is 4.39 Å². The van der Waals surface area contributed by atoms with E-state index >= 15 is 0 Å².